The lowest BCUT2D eigenvalue weighted by atomic mass is 10.1. The Morgan fingerprint density at radius 1 is 1.29 bits per heavy atom. The van der Waals surface area contributed by atoms with E-state index in [2.05, 4.69) is 10.3 Å². The third kappa shape index (κ3) is 4.25. The number of aromatic amines is 1. The number of aryl methyl sites for hydroxylation is 1. The molecule has 1 heterocycles. The van der Waals surface area contributed by atoms with Crippen LogP contribution in [0.25, 0.3) is 0 Å². The molecule has 0 spiro atoms. The second-order valence-electron chi connectivity index (χ2n) is 4.95. The van der Waals surface area contributed by atoms with Crippen LogP contribution in [-0.4, -0.2) is 11.7 Å². The van der Waals surface area contributed by atoms with Crippen molar-refractivity contribution in [2.24, 2.45) is 0 Å². The average Bonchev–Trinajstić information content (AvgIpc) is 2.60. The highest BCUT2D eigenvalue weighted by atomic mass is 32.2. The van der Waals surface area contributed by atoms with Crippen LogP contribution < -0.4 is 16.0 Å². The Morgan fingerprint density at radius 3 is 2.71 bits per heavy atom. The van der Waals surface area contributed by atoms with Crippen LogP contribution in [0.2, 0.25) is 0 Å². The monoisotopic (exact) mass is 338 g/mol. The number of H-pyrrole nitrogens is 1. The van der Waals surface area contributed by atoms with Gasteiger partial charge in [0.15, 0.2) is 5.03 Å². The molecule has 1 aromatic carbocycles. The minimum Gasteiger partial charge on any atom is -0.325 e. The summed E-state index contributed by atoms with van der Waals surface area (Å²) in [4.78, 5) is 14.9. The molecule has 0 saturated heterocycles. The quantitative estimate of drug-likeness (QED) is 0.810. The van der Waals surface area contributed by atoms with Crippen LogP contribution in [0.4, 0.5) is 11.5 Å². The number of benzene rings is 1. The summed E-state index contributed by atoms with van der Waals surface area (Å²) in [5.41, 5.74) is 8.08. The summed E-state index contributed by atoms with van der Waals surface area (Å²) in [6, 6.07) is 13.0. The molecule has 6 nitrogen and oxygen atoms in total. The Kier molecular flexibility index (Phi) is 5.78. The van der Waals surface area contributed by atoms with Gasteiger partial charge in [-0.1, -0.05) is 30.8 Å². The number of nitrogens with two attached hydrogens (primary N) is 1. The van der Waals surface area contributed by atoms with Gasteiger partial charge in [-0.05, 0) is 30.2 Å². The number of amides is 1. The number of nitriles is 2. The second kappa shape index (κ2) is 8.00. The summed E-state index contributed by atoms with van der Waals surface area (Å²) in [5.74, 6) is 0.107. The number of hydrogen-bond acceptors (Lipinski definition) is 5. The number of anilines is 2. The number of hydrogen-bond donors (Lipinski definition) is 2. The van der Waals surface area contributed by atoms with Crippen molar-refractivity contribution in [3.05, 3.63) is 47.0 Å². The van der Waals surface area contributed by atoms with Gasteiger partial charge in [0.05, 0.1) is 5.75 Å². The lowest BCUT2D eigenvalue weighted by Crippen LogP contribution is -2.19. The SMILES string of the molecule is CCc1cccc(NC(=O)CSc2[nH+]c(N)c(C#N)cc2C#N)c1. The van der Waals surface area contributed by atoms with Crippen molar-refractivity contribution >= 4 is 29.2 Å². The predicted octanol–water partition coefficient (Wildman–Crippen LogP) is 2.12. The number of nitrogens with zero attached hydrogens (tertiary/aromatic N) is 2. The highest BCUT2D eigenvalue weighted by Crippen LogP contribution is 2.20. The van der Waals surface area contributed by atoms with Gasteiger partial charge in [0, 0.05) is 5.69 Å². The average molecular weight is 338 g/mol. The van der Waals surface area contributed by atoms with Crippen molar-refractivity contribution in [2.75, 3.05) is 16.8 Å². The summed E-state index contributed by atoms with van der Waals surface area (Å²) in [7, 11) is 0. The topological polar surface area (TPSA) is 117 Å². The van der Waals surface area contributed by atoms with E-state index < -0.39 is 0 Å². The first-order valence-electron chi connectivity index (χ1n) is 7.25. The first kappa shape index (κ1) is 17.3. The van der Waals surface area contributed by atoms with E-state index in [1.807, 2.05) is 43.3 Å². The van der Waals surface area contributed by atoms with E-state index in [1.165, 1.54) is 6.07 Å². The van der Waals surface area contributed by atoms with E-state index in [1.54, 1.807) is 0 Å². The van der Waals surface area contributed by atoms with Crippen molar-refractivity contribution in [3.63, 3.8) is 0 Å². The zero-order valence-corrected chi connectivity index (χ0v) is 13.9. The standard InChI is InChI=1S/C17H15N5OS/c1-2-11-4-3-5-14(6-11)21-15(23)10-24-17-13(9-19)7-12(8-18)16(20)22-17/h3-7H,2,10H2,1H3,(H2,20,22)(H,21,23)/p+1. The summed E-state index contributed by atoms with van der Waals surface area (Å²) < 4.78 is 0. The number of nitrogen functional groups attached to an aromatic ring is 1. The molecule has 1 aromatic heterocycles. The highest BCUT2D eigenvalue weighted by molar-refractivity contribution is 7.99. The molecular formula is C17H16N5OS+. The van der Waals surface area contributed by atoms with E-state index in [0.29, 0.717) is 5.03 Å². The largest absolute Gasteiger partial charge is 0.325 e. The number of carbonyl (C=O) groups is 1. The van der Waals surface area contributed by atoms with Crippen LogP contribution in [0.15, 0.2) is 35.4 Å². The maximum atomic E-state index is 12.1. The smallest absolute Gasteiger partial charge is 0.289 e. The van der Waals surface area contributed by atoms with Crippen LogP contribution >= 0.6 is 11.8 Å². The maximum Gasteiger partial charge on any atom is 0.289 e. The highest BCUT2D eigenvalue weighted by Gasteiger charge is 2.16. The molecule has 0 radical (unpaired) electrons. The number of rotatable bonds is 5. The van der Waals surface area contributed by atoms with Gasteiger partial charge >= 0.3 is 0 Å². The number of nitrogens with one attached hydrogen (secondary N) is 2. The van der Waals surface area contributed by atoms with Crippen molar-refractivity contribution in [1.82, 2.24) is 0 Å². The summed E-state index contributed by atoms with van der Waals surface area (Å²) in [5, 5.41) is 21.4. The molecule has 0 atom stereocenters. The number of aromatic nitrogens is 1. The summed E-state index contributed by atoms with van der Waals surface area (Å²) in [6.07, 6.45) is 0.892. The molecule has 0 aliphatic rings. The molecule has 0 fully saturated rings. The molecule has 0 saturated carbocycles. The molecular weight excluding hydrogens is 322 g/mol. The van der Waals surface area contributed by atoms with Crippen molar-refractivity contribution in [3.8, 4) is 12.1 Å². The van der Waals surface area contributed by atoms with Crippen LogP contribution in [0.1, 0.15) is 23.6 Å². The van der Waals surface area contributed by atoms with Gasteiger partial charge in [0.25, 0.3) is 5.82 Å². The first-order valence-corrected chi connectivity index (χ1v) is 8.23. The van der Waals surface area contributed by atoms with Crippen LogP contribution in [0, 0.1) is 22.7 Å². The third-order valence-corrected chi connectivity index (χ3v) is 4.30. The van der Waals surface area contributed by atoms with Gasteiger partial charge in [-0.25, -0.2) is 4.98 Å². The minimum atomic E-state index is -0.187. The minimum absolute atomic E-state index is 0.118. The zero-order chi connectivity index (χ0) is 17.5. The van der Waals surface area contributed by atoms with Gasteiger partial charge in [0.2, 0.25) is 5.91 Å². The molecule has 120 valence electrons. The van der Waals surface area contributed by atoms with E-state index >= 15 is 0 Å². The lowest BCUT2D eigenvalue weighted by molar-refractivity contribution is -0.410. The fourth-order valence-electron chi connectivity index (χ4n) is 2.04. The molecule has 0 unspecified atom stereocenters. The molecule has 0 bridgehead atoms. The fraction of sp³-hybridized carbons (Fsp3) is 0.176. The molecule has 2 rings (SSSR count). The van der Waals surface area contributed by atoms with Gasteiger partial charge in [-0.2, -0.15) is 10.5 Å². The normalized spacial score (nSPS) is 9.79. The Labute approximate surface area is 144 Å². The van der Waals surface area contributed by atoms with Crippen LogP contribution in [0.5, 0.6) is 0 Å². The Bertz CT molecular complexity index is 851. The molecule has 0 aliphatic carbocycles. The van der Waals surface area contributed by atoms with E-state index in [4.69, 9.17) is 16.3 Å². The van der Waals surface area contributed by atoms with Gasteiger partial charge in [0.1, 0.15) is 23.3 Å². The van der Waals surface area contributed by atoms with Crippen LogP contribution in [0.3, 0.4) is 0 Å². The van der Waals surface area contributed by atoms with Gasteiger partial charge in [-0.15, -0.1) is 0 Å². The third-order valence-electron chi connectivity index (χ3n) is 3.28. The molecule has 7 heteroatoms. The Morgan fingerprint density at radius 2 is 2.04 bits per heavy atom. The number of pyridine rings is 1. The Balaban J connectivity index is 2.05. The van der Waals surface area contributed by atoms with E-state index in [0.717, 1.165) is 29.4 Å². The van der Waals surface area contributed by atoms with Crippen molar-refractivity contribution in [2.45, 2.75) is 18.4 Å². The fourth-order valence-corrected chi connectivity index (χ4v) is 2.83. The lowest BCUT2D eigenvalue weighted by Gasteiger charge is -2.06. The second-order valence-corrected chi connectivity index (χ2v) is 5.94. The van der Waals surface area contributed by atoms with Crippen molar-refractivity contribution < 1.29 is 9.78 Å². The van der Waals surface area contributed by atoms with E-state index in [9.17, 15) is 4.79 Å². The van der Waals surface area contributed by atoms with Gasteiger partial charge in [-0.3, -0.25) is 10.5 Å². The molecule has 24 heavy (non-hydrogen) atoms. The molecule has 2 aromatic rings. The molecule has 4 N–H and O–H groups in total. The van der Waals surface area contributed by atoms with Crippen LogP contribution in [-0.2, 0) is 11.2 Å². The maximum absolute atomic E-state index is 12.1. The summed E-state index contributed by atoms with van der Waals surface area (Å²) >= 11 is 1.16. The zero-order valence-electron chi connectivity index (χ0n) is 13.1. The molecule has 0 aliphatic heterocycles. The number of thioether (sulfide) groups is 1. The van der Waals surface area contributed by atoms with Gasteiger partial charge < -0.3 is 5.32 Å². The Hall–Kier alpha value is -3.03. The van der Waals surface area contributed by atoms with E-state index in [-0.39, 0.29) is 28.6 Å². The first-order chi connectivity index (χ1) is 11.6. The molecule has 1 amide bonds. The van der Waals surface area contributed by atoms with Crippen molar-refractivity contribution in [1.29, 1.82) is 10.5 Å². The predicted molar refractivity (Wildman–Crippen MR) is 92.0 cm³/mol. The summed E-state index contributed by atoms with van der Waals surface area (Å²) in [6.45, 7) is 2.05. The number of carbonyl (C=O) groups excluding carboxylic acids is 1.